The molecule has 4 rings (SSSR count). The SMILES string of the molecule is COc1cc(C(O)C(Cc2cn3nccc(C(=O)O)c3n2)OC2CCCC2)cc(OC)c1C. The van der Waals surface area contributed by atoms with Crippen LogP contribution in [0.4, 0.5) is 0 Å². The van der Waals surface area contributed by atoms with E-state index in [2.05, 4.69) is 10.1 Å². The number of rotatable bonds is 9. The van der Waals surface area contributed by atoms with Gasteiger partial charge in [0.15, 0.2) is 5.65 Å². The molecular weight excluding hydrogens is 426 g/mol. The monoisotopic (exact) mass is 455 g/mol. The first-order valence-corrected chi connectivity index (χ1v) is 11.0. The number of nitrogens with zero attached hydrogens (tertiary/aromatic N) is 3. The van der Waals surface area contributed by atoms with Crippen molar-refractivity contribution in [2.75, 3.05) is 14.2 Å². The summed E-state index contributed by atoms with van der Waals surface area (Å²) in [7, 11) is 3.16. The van der Waals surface area contributed by atoms with Gasteiger partial charge in [-0.1, -0.05) is 12.8 Å². The highest BCUT2D eigenvalue weighted by molar-refractivity contribution is 5.94. The van der Waals surface area contributed by atoms with Crippen molar-refractivity contribution in [2.45, 2.75) is 57.3 Å². The molecule has 3 aromatic rings. The Morgan fingerprint density at radius 1 is 1.21 bits per heavy atom. The standard InChI is InChI=1S/C24H29N3O6/c1-14-19(31-2)10-15(11-20(14)32-3)22(28)21(33-17-6-4-5-7-17)12-16-13-27-23(26-16)18(24(29)30)8-9-25-27/h8-11,13,17,21-22,28H,4-7,12H2,1-3H3,(H,29,30). The van der Waals surface area contributed by atoms with Gasteiger partial charge in [-0.25, -0.2) is 14.3 Å². The van der Waals surface area contributed by atoms with Crippen LogP contribution in [0.3, 0.4) is 0 Å². The van der Waals surface area contributed by atoms with Crippen LogP contribution >= 0.6 is 0 Å². The zero-order valence-electron chi connectivity index (χ0n) is 19.0. The molecule has 0 radical (unpaired) electrons. The number of aromatic carboxylic acids is 1. The van der Waals surface area contributed by atoms with Crippen LogP contribution in [0.25, 0.3) is 5.65 Å². The summed E-state index contributed by atoms with van der Waals surface area (Å²) in [6, 6.07) is 5.00. The lowest BCUT2D eigenvalue weighted by Crippen LogP contribution is -2.29. The highest BCUT2D eigenvalue weighted by atomic mass is 16.5. The first-order chi connectivity index (χ1) is 15.9. The van der Waals surface area contributed by atoms with E-state index in [-0.39, 0.29) is 17.3 Å². The molecule has 1 fully saturated rings. The van der Waals surface area contributed by atoms with E-state index < -0.39 is 18.2 Å². The lowest BCUT2D eigenvalue weighted by molar-refractivity contribution is -0.0757. The number of fused-ring (bicyclic) bond motifs is 1. The molecule has 2 atom stereocenters. The fraction of sp³-hybridized carbons (Fsp3) is 0.458. The topological polar surface area (TPSA) is 115 Å². The lowest BCUT2D eigenvalue weighted by atomic mass is 9.98. The molecule has 0 saturated heterocycles. The first-order valence-electron chi connectivity index (χ1n) is 11.0. The van der Waals surface area contributed by atoms with Gasteiger partial charge in [0.1, 0.15) is 23.2 Å². The van der Waals surface area contributed by atoms with Gasteiger partial charge < -0.3 is 24.4 Å². The molecule has 0 aliphatic heterocycles. The van der Waals surface area contributed by atoms with Crippen molar-refractivity contribution in [3.63, 3.8) is 0 Å². The van der Waals surface area contributed by atoms with Gasteiger partial charge in [0.25, 0.3) is 0 Å². The summed E-state index contributed by atoms with van der Waals surface area (Å²) in [6.45, 7) is 1.89. The summed E-state index contributed by atoms with van der Waals surface area (Å²) in [6.07, 6.45) is 5.97. The molecule has 9 nitrogen and oxygen atoms in total. The molecule has 1 aliphatic rings. The Morgan fingerprint density at radius 2 is 1.88 bits per heavy atom. The number of benzene rings is 1. The van der Waals surface area contributed by atoms with E-state index in [1.165, 1.54) is 16.8 Å². The number of hydrogen-bond donors (Lipinski definition) is 2. The second-order valence-corrected chi connectivity index (χ2v) is 8.33. The molecule has 9 heteroatoms. The third-order valence-corrected chi connectivity index (χ3v) is 6.19. The Morgan fingerprint density at radius 3 is 2.48 bits per heavy atom. The van der Waals surface area contributed by atoms with Crippen molar-refractivity contribution in [3.05, 3.63) is 53.0 Å². The predicted octanol–water partition coefficient (Wildman–Crippen LogP) is 3.36. The van der Waals surface area contributed by atoms with Crippen LogP contribution < -0.4 is 9.47 Å². The largest absolute Gasteiger partial charge is 0.496 e. The number of ether oxygens (including phenoxy) is 3. The number of aliphatic hydroxyl groups excluding tert-OH is 1. The molecule has 2 heterocycles. The minimum absolute atomic E-state index is 0.0589. The summed E-state index contributed by atoms with van der Waals surface area (Å²) in [5, 5.41) is 25.0. The highest BCUT2D eigenvalue weighted by Crippen LogP contribution is 2.35. The van der Waals surface area contributed by atoms with E-state index in [1.54, 1.807) is 32.5 Å². The molecule has 1 aromatic carbocycles. The number of carboxylic acids is 1. The van der Waals surface area contributed by atoms with Crippen LogP contribution in [0.2, 0.25) is 0 Å². The molecule has 2 aromatic heterocycles. The van der Waals surface area contributed by atoms with Gasteiger partial charge in [0.05, 0.1) is 38.3 Å². The molecule has 1 saturated carbocycles. The summed E-state index contributed by atoms with van der Waals surface area (Å²) in [4.78, 5) is 16.0. The van der Waals surface area contributed by atoms with Gasteiger partial charge in [0.2, 0.25) is 0 Å². The quantitative estimate of drug-likeness (QED) is 0.505. The molecule has 2 N–H and O–H groups in total. The Labute approximate surface area is 191 Å². The average Bonchev–Trinajstić information content (AvgIpc) is 3.47. The average molecular weight is 456 g/mol. The fourth-order valence-electron chi connectivity index (χ4n) is 4.41. The fourth-order valence-corrected chi connectivity index (χ4v) is 4.41. The Balaban J connectivity index is 1.68. The summed E-state index contributed by atoms with van der Waals surface area (Å²) >= 11 is 0. The number of aromatic nitrogens is 3. The van der Waals surface area contributed by atoms with Crippen molar-refractivity contribution in [3.8, 4) is 11.5 Å². The summed E-state index contributed by atoms with van der Waals surface area (Å²) in [5.74, 6) is 0.161. The van der Waals surface area contributed by atoms with Crippen LogP contribution in [0.15, 0.2) is 30.6 Å². The van der Waals surface area contributed by atoms with E-state index in [1.807, 2.05) is 6.92 Å². The van der Waals surface area contributed by atoms with Gasteiger partial charge in [-0.2, -0.15) is 5.10 Å². The van der Waals surface area contributed by atoms with Crippen LogP contribution in [0.5, 0.6) is 11.5 Å². The second kappa shape index (κ2) is 9.76. The Bertz CT molecular complexity index is 1110. The highest BCUT2D eigenvalue weighted by Gasteiger charge is 2.29. The number of carbonyl (C=O) groups is 1. The van der Waals surface area contributed by atoms with Crippen LogP contribution in [-0.2, 0) is 11.2 Å². The van der Waals surface area contributed by atoms with E-state index in [4.69, 9.17) is 14.2 Å². The van der Waals surface area contributed by atoms with Gasteiger partial charge in [-0.05, 0) is 43.5 Å². The maximum Gasteiger partial charge on any atom is 0.339 e. The van der Waals surface area contributed by atoms with Crippen molar-refractivity contribution in [2.24, 2.45) is 0 Å². The third-order valence-electron chi connectivity index (χ3n) is 6.19. The van der Waals surface area contributed by atoms with E-state index >= 15 is 0 Å². The molecule has 2 unspecified atom stereocenters. The maximum absolute atomic E-state index is 11.5. The zero-order chi connectivity index (χ0) is 23.5. The van der Waals surface area contributed by atoms with Gasteiger partial charge in [-0.15, -0.1) is 0 Å². The van der Waals surface area contributed by atoms with Crippen molar-refractivity contribution in [1.29, 1.82) is 0 Å². The molecular formula is C24H29N3O6. The van der Waals surface area contributed by atoms with Crippen molar-refractivity contribution >= 4 is 11.6 Å². The van der Waals surface area contributed by atoms with Crippen molar-refractivity contribution in [1.82, 2.24) is 14.6 Å². The van der Waals surface area contributed by atoms with Crippen LogP contribution in [0, 0.1) is 6.92 Å². The smallest absolute Gasteiger partial charge is 0.339 e. The predicted molar refractivity (Wildman–Crippen MR) is 120 cm³/mol. The molecule has 0 spiro atoms. The molecule has 1 aliphatic carbocycles. The van der Waals surface area contributed by atoms with Crippen molar-refractivity contribution < 1.29 is 29.2 Å². The minimum Gasteiger partial charge on any atom is -0.496 e. The Hall–Kier alpha value is -3.17. The molecule has 33 heavy (non-hydrogen) atoms. The van der Waals surface area contributed by atoms with Gasteiger partial charge >= 0.3 is 5.97 Å². The summed E-state index contributed by atoms with van der Waals surface area (Å²) in [5.41, 5.74) is 2.37. The second-order valence-electron chi connectivity index (χ2n) is 8.33. The zero-order valence-corrected chi connectivity index (χ0v) is 19.0. The Kier molecular flexibility index (Phi) is 6.80. The van der Waals surface area contributed by atoms with E-state index in [0.29, 0.717) is 29.2 Å². The number of carboxylic acid groups (broad SMARTS) is 1. The van der Waals surface area contributed by atoms with E-state index in [9.17, 15) is 15.0 Å². The van der Waals surface area contributed by atoms with Gasteiger partial charge in [-0.3, -0.25) is 0 Å². The van der Waals surface area contributed by atoms with Crippen LogP contribution in [-0.4, -0.2) is 57.2 Å². The summed E-state index contributed by atoms with van der Waals surface area (Å²) < 4.78 is 18.8. The number of aliphatic hydroxyl groups is 1. The third kappa shape index (κ3) is 4.79. The van der Waals surface area contributed by atoms with Gasteiger partial charge in [0, 0.05) is 18.2 Å². The molecule has 0 amide bonds. The number of imidazole rings is 1. The number of methoxy groups -OCH3 is 2. The van der Waals surface area contributed by atoms with E-state index in [0.717, 1.165) is 31.2 Å². The normalized spacial score (nSPS) is 16.1. The first kappa shape index (κ1) is 23.0. The molecule has 176 valence electrons. The number of hydrogen-bond acceptors (Lipinski definition) is 7. The maximum atomic E-state index is 11.5. The minimum atomic E-state index is -1.07. The lowest BCUT2D eigenvalue weighted by Gasteiger charge is -2.27. The molecule has 0 bridgehead atoms. The van der Waals surface area contributed by atoms with Crippen LogP contribution in [0.1, 0.15) is 59.0 Å².